The molecule has 0 saturated carbocycles. The molecule has 4 rings (SSSR count). The van der Waals surface area contributed by atoms with Crippen LogP contribution < -0.4 is 5.79 Å². The van der Waals surface area contributed by atoms with Crippen LogP contribution >= 0.6 is 22.7 Å². The topological polar surface area (TPSA) is 0 Å². The molecule has 0 aromatic carbocycles. The van der Waals surface area contributed by atoms with E-state index in [1.54, 1.807) is 32.0 Å². The zero-order valence-corrected chi connectivity index (χ0v) is 35.1. The van der Waals surface area contributed by atoms with Crippen molar-refractivity contribution in [2.45, 2.75) is 146 Å². The van der Waals surface area contributed by atoms with Crippen molar-refractivity contribution in [2.75, 3.05) is 0 Å². The predicted octanol–water partition coefficient (Wildman–Crippen LogP) is 12.0. The van der Waals surface area contributed by atoms with E-state index >= 15 is 0 Å². The minimum absolute atomic E-state index is 0.759. The van der Waals surface area contributed by atoms with Gasteiger partial charge >= 0.3 is 267 Å². The summed E-state index contributed by atoms with van der Waals surface area (Å²) < 4.78 is 3.61. The Bertz CT molecular complexity index is 1060. The average Bonchev–Trinajstić information content (AvgIpc) is 3.65. The van der Waals surface area contributed by atoms with Crippen molar-refractivity contribution in [1.29, 1.82) is 0 Å². The van der Waals surface area contributed by atoms with Crippen LogP contribution in [0.25, 0.3) is 11.1 Å². The SMILES string of the molecule is CCCCC(CC)CC1C/C(=C2/CC(CC(CC)CCCC)c3c[c]([Sn]([CH3])([CH3])[CH3])sc32)c2s[c]([Sn]([CH3])([CH3])[CH3])cc21. The molecule has 2 aliphatic rings. The van der Waals surface area contributed by atoms with Gasteiger partial charge in [0.25, 0.3) is 0 Å². The molecule has 4 atom stereocenters. The monoisotopic (exact) mass is 796 g/mol. The predicted molar refractivity (Wildman–Crippen MR) is 192 cm³/mol. The number of fused-ring (bicyclic) bond motifs is 2. The molecule has 4 heteroatoms. The van der Waals surface area contributed by atoms with Crippen LogP contribution in [0.2, 0.25) is 29.6 Å². The normalized spacial score (nSPS) is 22.6. The standard InChI is InChI=1S/C30H42S2.6CH3.2Sn/c1-5-9-11-21(7-3)17-23-19-27(29-25(23)13-15-31-29)28-20-24(26-14-16-32-30(26)28)18-22(8-4)12-10-6-2;;;;;;;;/h13-14,21-24H,5-12,17-20H2,1-4H3;6*1H3;;/b28-27+;;;;;;;;. The summed E-state index contributed by atoms with van der Waals surface area (Å²) in [6, 6.07) is 5.50. The number of hydrogen-bond acceptors (Lipinski definition) is 2. The van der Waals surface area contributed by atoms with Gasteiger partial charge < -0.3 is 0 Å². The maximum absolute atomic E-state index is 2.75. The molecule has 0 saturated heterocycles. The van der Waals surface area contributed by atoms with Gasteiger partial charge in [-0.25, -0.2) is 0 Å². The van der Waals surface area contributed by atoms with Crippen LogP contribution in [-0.2, 0) is 0 Å². The zero-order valence-electron chi connectivity index (χ0n) is 27.8. The van der Waals surface area contributed by atoms with E-state index in [4.69, 9.17) is 0 Å². The molecule has 0 nitrogen and oxygen atoms in total. The zero-order chi connectivity index (χ0) is 29.2. The minimum atomic E-state index is -2.13. The fraction of sp³-hybridized carbons (Fsp3) is 0.722. The molecule has 0 spiro atoms. The summed E-state index contributed by atoms with van der Waals surface area (Å²) in [6.45, 7) is 9.62. The second-order valence-electron chi connectivity index (χ2n) is 15.4. The molecular weight excluding hydrogens is 734 g/mol. The van der Waals surface area contributed by atoms with E-state index in [1.165, 1.54) is 77.0 Å². The Kier molecular flexibility index (Phi) is 12.0. The average molecular weight is 794 g/mol. The Morgan fingerprint density at radius 1 is 0.650 bits per heavy atom. The molecule has 0 bridgehead atoms. The third-order valence-corrected chi connectivity index (χ3v) is 31.3. The van der Waals surface area contributed by atoms with Gasteiger partial charge in [-0.3, -0.25) is 0 Å². The van der Waals surface area contributed by atoms with Crippen LogP contribution in [0.5, 0.6) is 0 Å². The summed E-state index contributed by atoms with van der Waals surface area (Å²) in [4.78, 5) is 19.2. The first-order valence-corrected chi connectivity index (χ1v) is 38.5. The van der Waals surface area contributed by atoms with Crippen LogP contribution in [0.1, 0.15) is 137 Å². The van der Waals surface area contributed by atoms with Crippen LogP contribution in [0.4, 0.5) is 0 Å². The third-order valence-electron chi connectivity index (χ3n) is 10.0. The number of unbranched alkanes of at least 4 members (excludes halogenated alkanes) is 2. The van der Waals surface area contributed by atoms with E-state index in [1.807, 2.05) is 5.79 Å². The Hall–Kier alpha value is 0.737. The summed E-state index contributed by atoms with van der Waals surface area (Å²) in [5.41, 5.74) is 7.16. The van der Waals surface area contributed by atoms with Crippen LogP contribution in [-0.4, -0.2) is 36.8 Å². The van der Waals surface area contributed by atoms with Crippen molar-refractivity contribution in [3.05, 3.63) is 33.0 Å². The first kappa shape index (κ1) is 33.6. The molecule has 0 radical (unpaired) electrons. The fourth-order valence-electron chi connectivity index (χ4n) is 7.23. The van der Waals surface area contributed by atoms with Crippen molar-refractivity contribution in [3.8, 4) is 0 Å². The van der Waals surface area contributed by atoms with Gasteiger partial charge in [0, 0.05) is 0 Å². The van der Waals surface area contributed by atoms with Crippen molar-refractivity contribution in [1.82, 2.24) is 0 Å². The van der Waals surface area contributed by atoms with E-state index in [2.05, 4.69) is 92.1 Å². The Balaban J connectivity index is 1.77. The molecule has 2 aliphatic carbocycles. The van der Waals surface area contributed by atoms with Crippen molar-refractivity contribution < 1.29 is 0 Å². The van der Waals surface area contributed by atoms with E-state index in [0.717, 1.165) is 23.7 Å². The Morgan fingerprint density at radius 2 is 1.02 bits per heavy atom. The van der Waals surface area contributed by atoms with Crippen LogP contribution in [0, 0.1) is 11.8 Å². The van der Waals surface area contributed by atoms with Gasteiger partial charge in [0.05, 0.1) is 0 Å². The summed E-state index contributed by atoms with van der Waals surface area (Å²) in [5, 5.41) is 0. The number of rotatable bonds is 14. The molecule has 224 valence electrons. The maximum atomic E-state index is 2.75. The molecule has 2 aromatic heterocycles. The van der Waals surface area contributed by atoms with Crippen LogP contribution in [0.3, 0.4) is 0 Å². The van der Waals surface area contributed by atoms with Crippen molar-refractivity contribution in [2.24, 2.45) is 11.8 Å². The summed E-state index contributed by atoms with van der Waals surface area (Å²) in [5.74, 6) is 3.30. The molecule has 0 N–H and O–H groups in total. The quantitative estimate of drug-likeness (QED) is 0.167. The molecule has 2 aromatic rings. The van der Waals surface area contributed by atoms with Gasteiger partial charge in [-0.1, -0.05) is 0 Å². The fourth-order valence-corrected chi connectivity index (χ4v) is 20.4. The molecular formula is C36H60S2Sn2. The first-order valence-electron chi connectivity index (χ1n) is 16.9. The molecule has 40 heavy (non-hydrogen) atoms. The molecule has 2 heterocycles. The number of allylic oxidation sites excluding steroid dienone is 2. The van der Waals surface area contributed by atoms with Gasteiger partial charge in [-0.05, 0) is 0 Å². The van der Waals surface area contributed by atoms with Gasteiger partial charge in [0.2, 0.25) is 0 Å². The van der Waals surface area contributed by atoms with Gasteiger partial charge in [-0.2, -0.15) is 0 Å². The Labute approximate surface area is 265 Å². The number of thiophene rings is 2. The van der Waals surface area contributed by atoms with Crippen molar-refractivity contribution in [3.63, 3.8) is 0 Å². The van der Waals surface area contributed by atoms with Gasteiger partial charge in [-0.15, -0.1) is 0 Å². The molecule has 0 aliphatic heterocycles. The Morgan fingerprint density at radius 3 is 1.32 bits per heavy atom. The third kappa shape index (κ3) is 7.68. The van der Waals surface area contributed by atoms with E-state index in [9.17, 15) is 0 Å². The summed E-state index contributed by atoms with van der Waals surface area (Å²) in [6.07, 6.45) is 16.5. The van der Waals surface area contributed by atoms with Gasteiger partial charge in [0.1, 0.15) is 0 Å². The second kappa shape index (κ2) is 14.2. The van der Waals surface area contributed by atoms with Crippen molar-refractivity contribution >= 4 is 76.4 Å². The van der Waals surface area contributed by atoms with Gasteiger partial charge in [0.15, 0.2) is 0 Å². The van der Waals surface area contributed by atoms with E-state index in [-0.39, 0.29) is 0 Å². The second-order valence-corrected chi connectivity index (χ2v) is 48.3. The molecule has 0 fully saturated rings. The number of hydrogen-bond donors (Lipinski definition) is 0. The molecule has 4 unspecified atom stereocenters. The van der Waals surface area contributed by atoms with E-state index < -0.39 is 36.8 Å². The summed E-state index contributed by atoms with van der Waals surface area (Å²) >= 11 is 0.235. The summed E-state index contributed by atoms with van der Waals surface area (Å²) in [7, 11) is 0. The van der Waals surface area contributed by atoms with Crippen LogP contribution in [0.15, 0.2) is 12.1 Å². The molecule has 0 amide bonds. The van der Waals surface area contributed by atoms with E-state index in [0.29, 0.717) is 0 Å². The first-order chi connectivity index (χ1) is 18.9.